The number of aliphatic imine (C=N–C) groups is 1. The van der Waals surface area contributed by atoms with Crippen molar-refractivity contribution in [2.24, 2.45) is 4.99 Å². The van der Waals surface area contributed by atoms with Gasteiger partial charge in [0.05, 0.1) is 0 Å². The van der Waals surface area contributed by atoms with Crippen molar-refractivity contribution in [2.75, 3.05) is 13.6 Å². The largest absolute Gasteiger partial charge is 0.505 e. The van der Waals surface area contributed by atoms with Crippen molar-refractivity contribution >= 4 is 41.3 Å². The van der Waals surface area contributed by atoms with Crippen LogP contribution < -0.4 is 10.6 Å². The first kappa shape index (κ1) is 19.7. The van der Waals surface area contributed by atoms with E-state index in [-0.39, 0.29) is 29.7 Å². The third-order valence-electron chi connectivity index (χ3n) is 3.30. The molecule has 0 radical (unpaired) electrons. The van der Waals surface area contributed by atoms with Gasteiger partial charge in [0.2, 0.25) is 0 Å². The van der Waals surface area contributed by atoms with Gasteiger partial charge in [-0.1, -0.05) is 19.1 Å². The Labute approximate surface area is 156 Å². The van der Waals surface area contributed by atoms with Gasteiger partial charge in [-0.3, -0.25) is 4.99 Å². The lowest BCUT2D eigenvalue weighted by Gasteiger charge is -2.15. The van der Waals surface area contributed by atoms with E-state index in [1.165, 1.54) is 17.0 Å². The molecule has 0 fully saturated rings. The lowest BCUT2D eigenvalue weighted by molar-refractivity contribution is 0.431. The van der Waals surface area contributed by atoms with Gasteiger partial charge in [-0.2, -0.15) is 0 Å². The average molecular weight is 449 g/mol. The second-order valence-electron chi connectivity index (χ2n) is 5.01. The van der Waals surface area contributed by atoms with Gasteiger partial charge < -0.3 is 15.7 Å². The minimum atomic E-state index is -0.617. The zero-order chi connectivity index (χ0) is 15.9. The number of benzene rings is 1. The highest BCUT2D eigenvalue weighted by molar-refractivity contribution is 14.0. The molecule has 4 nitrogen and oxygen atoms in total. The van der Waals surface area contributed by atoms with E-state index in [0.717, 1.165) is 12.1 Å². The van der Waals surface area contributed by atoms with E-state index < -0.39 is 5.82 Å². The molecule has 0 aliphatic heterocycles. The maximum Gasteiger partial charge on any atom is 0.191 e. The van der Waals surface area contributed by atoms with Crippen LogP contribution in [0.3, 0.4) is 0 Å². The third-order valence-corrected chi connectivity index (χ3v) is 4.40. The number of nitrogens with one attached hydrogen (secondary N) is 2. The molecule has 126 valence electrons. The Morgan fingerprint density at radius 3 is 2.74 bits per heavy atom. The van der Waals surface area contributed by atoms with Crippen LogP contribution in [-0.4, -0.2) is 24.7 Å². The minimum Gasteiger partial charge on any atom is -0.505 e. The molecule has 1 heterocycles. The van der Waals surface area contributed by atoms with Crippen molar-refractivity contribution in [1.29, 1.82) is 0 Å². The van der Waals surface area contributed by atoms with Gasteiger partial charge in [-0.05, 0) is 29.1 Å². The van der Waals surface area contributed by atoms with Crippen LogP contribution in [0.4, 0.5) is 4.39 Å². The molecule has 0 spiro atoms. The van der Waals surface area contributed by atoms with Crippen molar-refractivity contribution in [1.82, 2.24) is 10.6 Å². The molecule has 0 saturated carbocycles. The first-order valence-electron chi connectivity index (χ1n) is 7.05. The molecule has 0 amide bonds. The molecular formula is C16H21FIN3OS. The lowest BCUT2D eigenvalue weighted by Crippen LogP contribution is -2.38. The second kappa shape index (κ2) is 9.71. The normalized spacial score (nSPS) is 12.4. The molecule has 2 rings (SSSR count). The molecule has 0 aliphatic carbocycles. The summed E-state index contributed by atoms with van der Waals surface area (Å²) in [6, 6.07) is 8.49. The van der Waals surface area contributed by atoms with Crippen LogP contribution in [0, 0.1) is 5.82 Å². The smallest absolute Gasteiger partial charge is 0.191 e. The molecule has 1 unspecified atom stereocenters. The minimum absolute atomic E-state index is 0. The molecule has 0 bridgehead atoms. The Kier molecular flexibility index (Phi) is 8.32. The Morgan fingerprint density at radius 2 is 2.13 bits per heavy atom. The van der Waals surface area contributed by atoms with Gasteiger partial charge in [-0.15, -0.1) is 35.3 Å². The molecule has 23 heavy (non-hydrogen) atoms. The topological polar surface area (TPSA) is 56.7 Å². The number of thiophene rings is 1. The van der Waals surface area contributed by atoms with E-state index in [0.29, 0.717) is 18.4 Å². The summed E-state index contributed by atoms with van der Waals surface area (Å²) >= 11 is 1.74. The maximum absolute atomic E-state index is 13.3. The van der Waals surface area contributed by atoms with Gasteiger partial charge >= 0.3 is 0 Å². The highest BCUT2D eigenvalue weighted by Crippen LogP contribution is 2.19. The summed E-state index contributed by atoms with van der Waals surface area (Å²) in [5, 5.41) is 17.6. The molecule has 3 N–H and O–H groups in total. The fraction of sp³-hybridized carbons (Fsp3) is 0.312. The van der Waals surface area contributed by atoms with Crippen LogP contribution >= 0.6 is 35.3 Å². The number of phenolic OH excluding ortho intramolecular Hbond substituents is 1. The first-order chi connectivity index (χ1) is 10.6. The SMILES string of the molecule is CN=C(NCc1ccc(O)c(F)c1)NCC(C)c1cccs1.I. The molecular weight excluding hydrogens is 428 g/mol. The molecule has 2 aromatic rings. The fourth-order valence-corrected chi connectivity index (χ4v) is 2.78. The predicted molar refractivity (Wildman–Crippen MR) is 104 cm³/mol. The quantitative estimate of drug-likeness (QED) is 0.371. The standard InChI is InChI=1S/C16H20FN3OS.HI/c1-11(15-4-3-7-22-15)9-19-16(18-2)20-10-12-5-6-14(21)13(17)8-12;/h3-8,11,21H,9-10H2,1-2H3,(H2,18,19,20);1H. The summed E-state index contributed by atoms with van der Waals surface area (Å²) in [6.07, 6.45) is 0. The number of aromatic hydroxyl groups is 1. The van der Waals surface area contributed by atoms with Gasteiger partial charge in [0.15, 0.2) is 17.5 Å². The molecule has 7 heteroatoms. The predicted octanol–water partition coefficient (Wildman–Crippen LogP) is 3.68. The fourth-order valence-electron chi connectivity index (χ4n) is 1.99. The van der Waals surface area contributed by atoms with Crippen molar-refractivity contribution in [3.8, 4) is 5.75 Å². The average Bonchev–Trinajstić information content (AvgIpc) is 3.05. The van der Waals surface area contributed by atoms with E-state index in [4.69, 9.17) is 0 Å². The van der Waals surface area contributed by atoms with Crippen LogP contribution in [0.1, 0.15) is 23.3 Å². The van der Waals surface area contributed by atoms with E-state index >= 15 is 0 Å². The number of hydrogen-bond acceptors (Lipinski definition) is 3. The van der Waals surface area contributed by atoms with Crippen molar-refractivity contribution in [3.63, 3.8) is 0 Å². The van der Waals surface area contributed by atoms with Gasteiger partial charge in [0.1, 0.15) is 0 Å². The van der Waals surface area contributed by atoms with Crippen molar-refractivity contribution in [3.05, 3.63) is 52.0 Å². The Morgan fingerprint density at radius 1 is 1.35 bits per heavy atom. The van der Waals surface area contributed by atoms with Crippen molar-refractivity contribution in [2.45, 2.75) is 19.4 Å². The molecule has 0 saturated heterocycles. The lowest BCUT2D eigenvalue weighted by atomic mass is 10.1. The number of halogens is 2. The third kappa shape index (κ3) is 5.98. The van der Waals surface area contributed by atoms with Gasteiger partial charge in [-0.25, -0.2) is 4.39 Å². The van der Waals surface area contributed by atoms with Gasteiger partial charge in [0.25, 0.3) is 0 Å². The Balaban J connectivity index is 0.00000264. The van der Waals surface area contributed by atoms with Gasteiger partial charge in [0, 0.05) is 30.9 Å². The highest BCUT2D eigenvalue weighted by Gasteiger charge is 2.08. The number of guanidine groups is 1. The summed E-state index contributed by atoms with van der Waals surface area (Å²) in [6.45, 7) is 3.36. The summed E-state index contributed by atoms with van der Waals surface area (Å²) < 4.78 is 13.3. The van der Waals surface area contributed by atoms with E-state index in [2.05, 4.69) is 34.0 Å². The van der Waals surface area contributed by atoms with Crippen LogP contribution in [0.25, 0.3) is 0 Å². The number of phenols is 1. The van der Waals surface area contributed by atoms with Crippen molar-refractivity contribution < 1.29 is 9.50 Å². The van der Waals surface area contributed by atoms with E-state index in [9.17, 15) is 9.50 Å². The summed E-state index contributed by atoms with van der Waals surface area (Å²) in [4.78, 5) is 5.47. The Hall–Kier alpha value is -1.35. The van der Waals surface area contributed by atoms with Crippen LogP contribution in [0.15, 0.2) is 40.7 Å². The second-order valence-corrected chi connectivity index (χ2v) is 5.99. The molecule has 1 atom stereocenters. The summed E-state index contributed by atoms with van der Waals surface area (Å²) in [7, 11) is 1.70. The van der Waals surface area contributed by atoms with E-state index in [1.54, 1.807) is 24.5 Å². The highest BCUT2D eigenvalue weighted by atomic mass is 127. The van der Waals surface area contributed by atoms with E-state index in [1.807, 2.05) is 6.07 Å². The summed E-state index contributed by atoms with van der Waals surface area (Å²) in [5.41, 5.74) is 0.740. The molecule has 0 aliphatic rings. The van der Waals surface area contributed by atoms with Crippen LogP contribution in [0.5, 0.6) is 5.75 Å². The first-order valence-corrected chi connectivity index (χ1v) is 7.93. The Bertz CT molecular complexity index is 634. The molecule has 1 aromatic carbocycles. The number of rotatable bonds is 5. The monoisotopic (exact) mass is 449 g/mol. The number of hydrogen-bond donors (Lipinski definition) is 3. The maximum atomic E-state index is 13.3. The van der Waals surface area contributed by atoms with Crippen LogP contribution in [0.2, 0.25) is 0 Å². The zero-order valence-electron chi connectivity index (χ0n) is 13.0. The summed E-state index contributed by atoms with van der Waals surface area (Å²) in [5.74, 6) is 0.103. The molecule has 1 aromatic heterocycles. The number of nitrogens with zero attached hydrogens (tertiary/aromatic N) is 1. The zero-order valence-corrected chi connectivity index (χ0v) is 16.2. The van der Waals surface area contributed by atoms with Crippen LogP contribution in [-0.2, 0) is 6.54 Å².